The van der Waals surface area contributed by atoms with Gasteiger partial charge in [-0.2, -0.15) is 0 Å². The zero-order valence-electron chi connectivity index (χ0n) is 12.8. The van der Waals surface area contributed by atoms with Gasteiger partial charge < -0.3 is 15.5 Å². The van der Waals surface area contributed by atoms with Crippen LogP contribution in [0.4, 0.5) is 5.69 Å². The van der Waals surface area contributed by atoms with Crippen molar-refractivity contribution in [3.8, 4) is 0 Å². The lowest BCUT2D eigenvalue weighted by atomic mass is 10.0. The van der Waals surface area contributed by atoms with E-state index in [1.807, 2.05) is 6.92 Å². The van der Waals surface area contributed by atoms with Gasteiger partial charge in [0.2, 0.25) is 0 Å². The fraction of sp³-hybridized carbons (Fsp3) is 0.625. The van der Waals surface area contributed by atoms with Crippen LogP contribution < -0.4 is 10.6 Å². The van der Waals surface area contributed by atoms with Crippen LogP contribution in [0.25, 0.3) is 0 Å². The molecule has 4 heteroatoms. The molecule has 112 valence electrons. The van der Waals surface area contributed by atoms with Gasteiger partial charge in [0.15, 0.2) is 0 Å². The van der Waals surface area contributed by atoms with E-state index < -0.39 is 0 Å². The molecule has 1 aliphatic rings. The molecule has 2 rings (SSSR count). The highest BCUT2D eigenvalue weighted by Gasteiger charge is 2.21. The van der Waals surface area contributed by atoms with Gasteiger partial charge in [0.1, 0.15) is 0 Å². The number of nitrogens with two attached hydrogens (primary N) is 1. The SMILES string of the molecule is CC(N)Cc1ccc(N2CCCC(N(C)C)C2)cc1Cl. The fourth-order valence-corrected chi connectivity index (χ4v) is 3.11. The van der Waals surface area contributed by atoms with Crippen molar-refractivity contribution in [1.29, 1.82) is 0 Å². The average molecular weight is 296 g/mol. The maximum atomic E-state index is 6.40. The molecule has 3 nitrogen and oxygen atoms in total. The summed E-state index contributed by atoms with van der Waals surface area (Å²) in [5.41, 5.74) is 8.23. The van der Waals surface area contributed by atoms with Crippen LogP contribution in [0.1, 0.15) is 25.3 Å². The first-order valence-corrected chi connectivity index (χ1v) is 7.80. The standard InChI is InChI=1S/C16H26ClN3/c1-12(18)9-13-6-7-14(10-16(13)17)20-8-4-5-15(11-20)19(2)3/h6-7,10,12,15H,4-5,8-9,11,18H2,1-3H3. The summed E-state index contributed by atoms with van der Waals surface area (Å²) in [5.74, 6) is 0. The molecule has 1 fully saturated rings. The van der Waals surface area contributed by atoms with Gasteiger partial charge in [-0.3, -0.25) is 0 Å². The number of benzene rings is 1. The lowest BCUT2D eigenvalue weighted by Gasteiger charge is -2.37. The van der Waals surface area contributed by atoms with E-state index in [0.29, 0.717) is 6.04 Å². The van der Waals surface area contributed by atoms with Crippen molar-refractivity contribution in [3.05, 3.63) is 28.8 Å². The van der Waals surface area contributed by atoms with Gasteiger partial charge in [0.25, 0.3) is 0 Å². The monoisotopic (exact) mass is 295 g/mol. The first kappa shape index (κ1) is 15.6. The van der Waals surface area contributed by atoms with E-state index >= 15 is 0 Å². The van der Waals surface area contributed by atoms with Gasteiger partial charge >= 0.3 is 0 Å². The van der Waals surface area contributed by atoms with E-state index in [1.165, 1.54) is 18.5 Å². The van der Waals surface area contributed by atoms with Gasteiger partial charge in [0.05, 0.1) is 0 Å². The van der Waals surface area contributed by atoms with E-state index in [0.717, 1.165) is 30.1 Å². The molecular weight excluding hydrogens is 270 g/mol. The third-order valence-electron chi connectivity index (χ3n) is 4.07. The molecule has 0 aliphatic carbocycles. The first-order valence-electron chi connectivity index (χ1n) is 7.42. The van der Waals surface area contributed by atoms with Crippen LogP contribution in [0.15, 0.2) is 18.2 Å². The number of anilines is 1. The molecule has 0 bridgehead atoms. The van der Waals surface area contributed by atoms with Crippen molar-refractivity contribution < 1.29 is 0 Å². The number of hydrogen-bond acceptors (Lipinski definition) is 3. The summed E-state index contributed by atoms with van der Waals surface area (Å²) in [5, 5.41) is 0.840. The van der Waals surface area contributed by atoms with Crippen LogP contribution in [-0.4, -0.2) is 44.2 Å². The van der Waals surface area contributed by atoms with Crippen LogP contribution in [-0.2, 0) is 6.42 Å². The van der Waals surface area contributed by atoms with Crippen LogP contribution in [0.2, 0.25) is 5.02 Å². The number of nitrogens with zero attached hydrogens (tertiary/aromatic N) is 2. The van der Waals surface area contributed by atoms with Gasteiger partial charge in [-0.15, -0.1) is 0 Å². The minimum atomic E-state index is 0.145. The zero-order chi connectivity index (χ0) is 14.7. The van der Waals surface area contributed by atoms with Crippen LogP contribution in [0, 0.1) is 0 Å². The molecule has 1 aromatic carbocycles. The lowest BCUT2D eigenvalue weighted by molar-refractivity contribution is 0.258. The second-order valence-corrected chi connectivity index (χ2v) is 6.57. The Hall–Kier alpha value is -0.770. The van der Waals surface area contributed by atoms with Crippen molar-refractivity contribution in [2.24, 2.45) is 5.73 Å². The second kappa shape index (κ2) is 6.79. The van der Waals surface area contributed by atoms with Crippen LogP contribution in [0.5, 0.6) is 0 Å². The largest absolute Gasteiger partial charge is 0.370 e. The van der Waals surface area contributed by atoms with Crippen LogP contribution in [0.3, 0.4) is 0 Å². The molecule has 1 aliphatic heterocycles. The molecule has 0 radical (unpaired) electrons. The normalized spacial score (nSPS) is 21.3. The van der Waals surface area contributed by atoms with Crippen molar-refractivity contribution in [1.82, 2.24) is 4.90 Å². The molecule has 0 saturated carbocycles. The summed E-state index contributed by atoms with van der Waals surface area (Å²) in [6.07, 6.45) is 3.35. The van der Waals surface area contributed by atoms with E-state index in [1.54, 1.807) is 0 Å². The summed E-state index contributed by atoms with van der Waals surface area (Å²) in [7, 11) is 4.32. The topological polar surface area (TPSA) is 32.5 Å². The molecule has 0 amide bonds. The maximum Gasteiger partial charge on any atom is 0.0459 e. The van der Waals surface area contributed by atoms with E-state index in [4.69, 9.17) is 17.3 Å². The summed E-state index contributed by atoms with van der Waals surface area (Å²) in [6, 6.07) is 7.18. The average Bonchev–Trinajstić information content (AvgIpc) is 2.40. The molecule has 2 N–H and O–H groups in total. The number of likely N-dealkylation sites (N-methyl/N-ethyl adjacent to an activating group) is 1. The Morgan fingerprint density at radius 1 is 1.45 bits per heavy atom. The highest BCUT2D eigenvalue weighted by molar-refractivity contribution is 6.31. The number of halogens is 1. The highest BCUT2D eigenvalue weighted by atomic mass is 35.5. The van der Waals surface area contributed by atoms with Gasteiger partial charge in [-0.05, 0) is 58.0 Å². The summed E-state index contributed by atoms with van der Waals surface area (Å²) >= 11 is 6.40. The highest BCUT2D eigenvalue weighted by Crippen LogP contribution is 2.27. The molecule has 2 atom stereocenters. The second-order valence-electron chi connectivity index (χ2n) is 6.16. The molecule has 2 unspecified atom stereocenters. The summed E-state index contributed by atoms with van der Waals surface area (Å²) in [4.78, 5) is 4.76. The lowest BCUT2D eigenvalue weighted by Crippen LogP contribution is -2.45. The Balaban J connectivity index is 2.11. The quantitative estimate of drug-likeness (QED) is 0.927. The Bertz CT molecular complexity index is 445. The molecule has 1 saturated heterocycles. The van der Waals surface area contributed by atoms with E-state index in [9.17, 15) is 0 Å². The molecule has 1 heterocycles. The third kappa shape index (κ3) is 3.87. The van der Waals surface area contributed by atoms with Crippen molar-refractivity contribution >= 4 is 17.3 Å². The fourth-order valence-electron chi connectivity index (χ4n) is 2.86. The smallest absolute Gasteiger partial charge is 0.0459 e. The Labute approximate surface area is 127 Å². The minimum Gasteiger partial charge on any atom is -0.370 e. The molecule has 0 aromatic heterocycles. The minimum absolute atomic E-state index is 0.145. The Morgan fingerprint density at radius 2 is 2.20 bits per heavy atom. The van der Waals surface area contributed by atoms with Crippen molar-refractivity contribution in [2.75, 3.05) is 32.1 Å². The number of rotatable bonds is 4. The Kier molecular flexibility index (Phi) is 5.30. The van der Waals surface area contributed by atoms with Crippen LogP contribution >= 0.6 is 11.6 Å². The third-order valence-corrected chi connectivity index (χ3v) is 4.42. The number of hydrogen-bond donors (Lipinski definition) is 1. The molecule has 0 spiro atoms. The van der Waals surface area contributed by atoms with Crippen molar-refractivity contribution in [3.63, 3.8) is 0 Å². The zero-order valence-corrected chi connectivity index (χ0v) is 13.5. The predicted octanol–water partition coefficient (Wildman–Crippen LogP) is 2.76. The molecular formula is C16H26ClN3. The first-order chi connectivity index (χ1) is 9.47. The molecule has 1 aromatic rings. The van der Waals surface area contributed by atoms with Gasteiger partial charge in [-0.1, -0.05) is 17.7 Å². The number of piperidine rings is 1. The van der Waals surface area contributed by atoms with Gasteiger partial charge in [-0.25, -0.2) is 0 Å². The molecule has 20 heavy (non-hydrogen) atoms. The summed E-state index contributed by atoms with van der Waals surface area (Å²) in [6.45, 7) is 4.21. The van der Waals surface area contributed by atoms with Crippen molar-refractivity contribution in [2.45, 2.75) is 38.3 Å². The predicted molar refractivity (Wildman–Crippen MR) is 87.7 cm³/mol. The van der Waals surface area contributed by atoms with E-state index in [-0.39, 0.29) is 6.04 Å². The Morgan fingerprint density at radius 3 is 2.80 bits per heavy atom. The van der Waals surface area contributed by atoms with E-state index in [2.05, 4.69) is 42.1 Å². The van der Waals surface area contributed by atoms with Gasteiger partial charge in [0, 0.05) is 35.9 Å². The maximum absolute atomic E-state index is 6.40. The summed E-state index contributed by atoms with van der Waals surface area (Å²) < 4.78 is 0.